The normalized spacial score (nSPS) is 11.4. The van der Waals surface area contributed by atoms with Gasteiger partial charge in [0.05, 0.1) is 0 Å². The summed E-state index contributed by atoms with van der Waals surface area (Å²) in [6.45, 7) is 8.09. The van der Waals surface area contributed by atoms with Crippen molar-refractivity contribution in [1.82, 2.24) is 0 Å². The Balaban J connectivity index is 2.98. The Morgan fingerprint density at radius 2 is 0.594 bits per heavy atom. The zero-order chi connectivity index (χ0) is 23.2. The number of ether oxygens (including phenoxy) is 1. The van der Waals surface area contributed by atoms with Crippen LogP contribution in [0.4, 0.5) is 0 Å². The summed E-state index contributed by atoms with van der Waals surface area (Å²) in [4.78, 5) is 0. The molecular formula is C31H63O. The van der Waals surface area contributed by atoms with Gasteiger partial charge in [0.15, 0.2) is 0 Å². The van der Waals surface area contributed by atoms with E-state index in [9.17, 15) is 0 Å². The highest BCUT2D eigenvalue weighted by Gasteiger charge is 1.96. The lowest BCUT2D eigenvalue weighted by molar-refractivity contribution is 0.127. The molecule has 0 saturated carbocycles. The molecule has 0 amide bonds. The largest absolute Gasteiger partial charge is 0.381 e. The van der Waals surface area contributed by atoms with Gasteiger partial charge >= 0.3 is 0 Å². The molecule has 0 spiro atoms. The molecule has 0 aliphatic heterocycles. The fourth-order valence-corrected chi connectivity index (χ4v) is 4.62. The topological polar surface area (TPSA) is 9.23 Å². The summed E-state index contributed by atoms with van der Waals surface area (Å²) in [5.41, 5.74) is 0. The van der Waals surface area contributed by atoms with Crippen LogP contribution < -0.4 is 0 Å². The Morgan fingerprint density at radius 1 is 0.344 bits per heavy atom. The van der Waals surface area contributed by atoms with Crippen LogP contribution in [-0.4, -0.2) is 13.2 Å². The molecule has 1 nitrogen and oxygen atoms in total. The zero-order valence-corrected chi connectivity index (χ0v) is 22.6. The molecule has 0 aromatic heterocycles. The summed E-state index contributed by atoms with van der Waals surface area (Å²) in [7, 11) is 0. The highest BCUT2D eigenvalue weighted by Crippen LogP contribution is 2.15. The predicted octanol–water partition coefficient (Wildman–Crippen LogP) is 11.4. The maximum absolute atomic E-state index is 5.63. The number of rotatable bonds is 29. The lowest BCUT2D eigenvalue weighted by atomic mass is 10.0. The van der Waals surface area contributed by atoms with Gasteiger partial charge < -0.3 is 4.74 Å². The van der Waals surface area contributed by atoms with E-state index in [4.69, 9.17) is 4.74 Å². The van der Waals surface area contributed by atoms with E-state index in [0.29, 0.717) is 0 Å². The summed E-state index contributed by atoms with van der Waals surface area (Å²) in [5, 5.41) is 0. The fraction of sp³-hybridized carbons (Fsp3) is 0.968. The minimum Gasteiger partial charge on any atom is -0.381 e. The minimum atomic E-state index is 0.967. The molecule has 0 unspecified atom stereocenters. The number of hydrogen-bond acceptors (Lipinski definition) is 1. The fourth-order valence-electron chi connectivity index (χ4n) is 4.62. The van der Waals surface area contributed by atoms with Crippen LogP contribution in [0.5, 0.6) is 0 Å². The SMILES string of the molecule is [CH2]CCCCCCCCCCCCCCCCCCCCCCCCCCOCCCC. The van der Waals surface area contributed by atoms with E-state index in [0.717, 1.165) is 19.6 Å². The number of hydrogen-bond donors (Lipinski definition) is 0. The molecule has 0 aromatic rings. The molecule has 0 fully saturated rings. The molecule has 0 saturated heterocycles. The molecule has 0 bridgehead atoms. The van der Waals surface area contributed by atoms with Crippen LogP contribution in [0.2, 0.25) is 0 Å². The lowest BCUT2D eigenvalue weighted by Crippen LogP contribution is -1.96. The van der Waals surface area contributed by atoms with Crippen molar-refractivity contribution < 1.29 is 4.74 Å². The van der Waals surface area contributed by atoms with Crippen molar-refractivity contribution in [2.75, 3.05) is 13.2 Å². The lowest BCUT2D eigenvalue weighted by Gasteiger charge is -2.05. The van der Waals surface area contributed by atoms with Gasteiger partial charge in [0, 0.05) is 13.2 Å². The van der Waals surface area contributed by atoms with Crippen LogP contribution in [0.25, 0.3) is 0 Å². The molecule has 0 aliphatic rings. The van der Waals surface area contributed by atoms with E-state index < -0.39 is 0 Å². The van der Waals surface area contributed by atoms with E-state index in [2.05, 4.69) is 13.8 Å². The summed E-state index contributed by atoms with van der Waals surface area (Å²) < 4.78 is 5.63. The molecule has 0 N–H and O–H groups in total. The van der Waals surface area contributed by atoms with Crippen LogP contribution in [0, 0.1) is 6.92 Å². The van der Waals surface area contributed by atoms with Crippen LogP contribution in [0.3, 0.4) is 0 Å². The van der Waals surface area contributed by atoms with Crippen LogP contribution in [0.1, 0.15) is 180 Å². The smallest absolute Gasteiger partial charge is 0.0466 e. The molecular weight excluding hydrogens is 388 g/mol. The van der Waals surface area contributed by atoms with E-state index in [1.807, 2.05) is 0 Å². The van der Waals surface area contributed by atoms with Crippen molar-refractivity contribution in [3.05, 3.63) is 6.92 Å². The van der Waals surface area contributed by atoms with Crippen molar-refractivity contribution in [3.63, 3.8) is 0 Å². The minimum absolute atomic E-state index is 0.967. The predicted molar refractivity (Wildman–Crippen MR) is 147 cm³/mol. The first kappa shape index (κ1) is 32.0. The van der Waals surface area contributed by atoms with Gasteiger partial charge in [0.25, 0.3) is 0 Å². The van der Waals surface area contributed by atoms with Gasteiger partial charge in [-0.1, -0.05) is 174 Å². The van der Waals surface area contributed by atoms with Crippen LogP contribution in [-0.2, 0) is 4.74 Å². The van der Waals surface area contributed by atoms with Crippen molar-refractivity contribution in [3.8, 4) is 0 Å². The van der Waals surface area contributed by atoms with Crippen LogP contribution >= 0.6 is 0 Å². The third kappa shape index (κ3) is 30.0. The van der Waals surface area contributed by atoms with Gasteiger partial charge in [0.1, 0.15) is 0 Å². The molecule has 32 heavy (non-hydrogen) atoms. The van der Waals surface area contributed by atoms with Gasteiger partial charge in [-0.3, -0.25) is 0 Å². The zero-order valence-electron chi connectivity index (χ0n) is 22.6. The molecule has 0 heterocycles. The van der Waals surface area contributed by atoms with E-state index >= 15 is 0 Å². The maximum Gasteiger partial charge on any atom is 0.0466 e. The van der Waals surface area contributed by atoms with Gasteiger partial charge in [-0.25, -0.2) is 0 Å². The van der Waals surface area contributed by atoms with E-state index in [1.54, 1.807) is 0 Å². The van der Waals surface area contributed by atoms with E-state index in [-0.39, 0.29) is 0 Å². The summed E-state index contributed by atoms with van der Waals surface area (Å²) in [6.07, 6.45) is 38.3. The van der Waals surface area contributed by atoms with Crippen molar-refractivity contribution in [1.29, 1.82) is 0 Å². The second-order valence-corrected chi connectivity index (χ2v) is 10.3. The molecule has 0 rings (SSSR count). The first-order chi connectivity index (χ1) is 15.9. The third-order valence-electron chi connectivity index (χ3n) is 6.93. The van der Waals surface area contributed by atoms with Crippen molar-refractivity contribution in [2.24, 2.45) is 0 Å². The Bertz CT molecular complexity index is 271. The standard InChI is InChI=1S/C31H63O/c1-3-5-7-8-9-10-11-12-13-14-15-16-17-18-19-20-21-22-23-24-25-26-27-28-29-31-32-30-6-4-2/h1,3-31H2,2H3. The molecule has 0 atom stereocenters. The van der Waals surface area contributed by atoms with Crippen LogP contribution in [0.15, 0.2) is 0 Å². The first-order valence-corrected chi connectivity index (χ1v) is 15.3. The molecule has 193 valence electrons. The van der Waals surface area contributed by atoms with Crippen molar-refractivity contribution >= 4 is 0 Å². The van der Waals surface area contributed by atoms with E-state index in [1.165, 1.54) is 167 Å². The number of unbranched alkanes of at least 4 members (excludes halogenated alkanes) is 25. The van der Waals surface area contributed by atoms with Crippen molar-refractivity contribution in [2.45, 2.75) is 180 Å². The Labute approximate surface area is 205 Å². The summed E-state index contributed by atoms with van der Waals surface area (Å²) >= 11 is 0. The van der Waals surface area contributed by atoms with Gasteiger partial charge in [-0.2, -0.15) is 0 Å². The Morgan fingerprint density at radius 3 is 0.875 bits per heavy atom. The Hall–Kier alpha value is -0.0400. The molecule has 0 aliphatic carbocycles. The maximum atomic E-state index is 5.63. The van der Waals surface area contributed by atoms with Gasteiger partial charge in [0.2, 0.25) is 0 Å². The van der Waals surface area contributed by atoms with Gasteiger partial charge in [-0.15, -0.1) is 0 Å². The monoisotopic (exact) mass is 451 g/mol. The molecule has 1 radical (unpaired) electrons. The quantitative estimate of drug-likeness (QED) is 0.103. The molecule has 0 aromatic carbocycles. The summed E-state index contributed by atoms with van der Waals surface area (Å²) in [5.74, 6) is 0. The first-order valence-electron chi connectivity index (χ1n) is 15.3. The second kappa shape index (κ2) is 31.0. The second-order valence-electron chi connectivity index (χ2n) is 10.3. The van der Waals surface area contributed by atoms with Gasteiger partial charge in [-0.05, 0) is 12.8 Å². The average molecular weight is 452 g/mol. The Kier molecular flexibility index (Phi) is 30.9. The highest BCUT2D eigenvalue weighted by molar-refractivity contribution is 4.52. The highest BCUT2D eigenvalue weighted by atomic mass is 16.5. The average Bonchev–Trinajstić information content (AvgIpc) is 2.81. The third-order valence-corrected chi connectivity index (χ3v) is 6.93. The molecule has 1 heteroatoms. The summed E-state index contributed by atoms with van der Waals surface area (Å²) in [6, 6.07) is 0.